The standard InChI is InChI=1S/C58H36N2O/c1-2-12-37(13-3-1)41-16-10-18-45(32-41)53-36-54(46-19-11-17-42(33-46)43-29-31-56-52(34-43)49-22-8-9-23-55(49)61-56)60-58(59-53)40-26-24-39(25-27-40)57-48-21-7-5-15-44(48)35-51-47-20-6-4-14-38(47)28-30-50(51)57/h1-36H. The molecule has 3 nitrogen and oxygen atoms in total. The normalized spacial score (nSPS) is 11.6. The fourth-order valence-corrected chi connectivity index (χ4v) is 9.04. The molecule has 0 atom stereocenters. The van der Waals surface area contributed by atoms with Crippen LogP contribution in [0.4, 0.5) is 0 Å². The summed E-state index contributed by atoms with van der Waals surface area (Å²) in [5, 5.41) is 9.69. The number of rotatable bonds is 6. The first-order valence-corrected chi connectivity index (χ1v) is 20.7. The molecule has 284 valence electrons. The van der Waals surface area contributed by atoms with Crippen molar-refractivity contribution < 1.29 is 4.42 Å². The number of aromatic nitrogens is 2. The second-order valence-electron chi connectivity index (χ2n) is 15.7. The fourth-order valence-electron chi connectivity index (χ4n) is 9.04. The molecule has 0 aliphatic heterocycles. The van der Waals surface area contributed by atoms with Crippen molar-refractivity contribution in [2.45, 2.75) is 0 Å². The lowest BCUT2D eigenvalue weighted by atomic mass is 9.89. The van der Waals surface area contributed by atoms with E-state index in [1.165, 1.54) is 43.4 Å². The zero-order valence-corrected chi connectivity index (χ0v) is 33.1. The number of hydrogen-bond donors (Lipinski definition) is 0. The van der Waals surface area contributed by atoms with Gasteiger partial charge in [-0.2, -0.15) is 0 Å². The molecule has 0 fully saturated rings. The molecule has 0 radical (unpaired) electrons. The van der Waals surface area contributed by atoms with Crippen molar-refractivity contribution in [2.75, 3.05) is 0 Å². The summed E-state index contributed by atoms with van der Waals surface area (Å²) in [4.78, 5) is 10.6. The van der Waals surface area contributed by atoms with Crippen LogP contribution in [-0.2, 0) is 0 Å². The summed E-state index contributed by atoms with van der Waals surface area (Å²) in [7, 11) is 0. The number of fused-ring (bicyclic) bond motifs is 7. The monoisotopic (exact) mass is 776 g/mol. The third-order valence-electron chi connectivity index (χ3n) is 12.1. The van der Waals surface area contributed by atoms with Crippen molar-refractivity contribution in [2.24, 2.45) is 0 Å². The molecule has 12 aromatic rings. The summed E-state index contributed by atoms with van der Waals surface area (Å²) in [6, 6.07) is 77.6. The van der Waals surface area contributed by atoms with Crippen LogP contribution in [0.5, 0.6) is 0 Å². The SMILES string of the molecule is c1ccc(-c2cccc(-c3cc(-c4cccc(-c5ccc6oc7ccccc7c6c5)c4)nc(-c4ccc(-c5c6ccccc6cc6c5ccc5ccccc56)cc4)n3)c2)cc1. The van der Waals surface area contributed by atoms with Crippen molar-refractivity contribution >= 4 is 54.3 Å². The van der Waals surface area contributed by atoms with E-state index in [0.29, 0.717) is 5.82 Å². The molecule has 3 heteroatoms. The van der Waals surface area contributed by atoms with Gasteiger partial charge in [-0.1, -0.05) is 176 Å². The van der Waals surface area contributed by atoms with Crippen molar-refractivity contribution in [3.05, 3.63) is 218 Å². The maximum Gasteiger partial charge on any atom is 0.160 e. The molecule has 0 aliphatic rings. The smallest absolute Gasteiger partial charge is 0.160 e. The fraction of sp³-hybridized carbons (Fsp3) is 0. The number of hydrogen-bond acceptors (Lipinski definition) is 3. The van der Waals surface area contributed by atoms with Crippen LogP contribution < -0.4 is 0 Å². The Morgan fingerprint density at radius 1 is 0.262 bits per heavy atom. The Hall–Kier alpha value is -8.14. The minimum atomic E-state index is 0.676. The van der Waals surface area contributed by atoms with Gasteiger partial charge in [0, 0.05) is 27.5 Å². The third-order valence-corrected chi connectivity index (χ3v) is 12.1. The molecular formula is C58H36N2O. The molecule has 0 bridgehead atoms. The van der Waals surface area contributed by atoms with Gasteiger partial charge in [0.15, 0.2) is 5.82 Å². The Morgan fingerprint density at radius 2 is 0.820 bits per heavy atom. The van der Waals surface area contributed by atoms with Crippen LogP contribution in [0.25, 0.3) is 122 Å². The van der Waals surface area contributed by atoms with E-state index < -0.39 is 0 Å². The molecule has 0 saturated carbocycles. The number of furan rings is 1. The highest BCUT2D eigenvalue weighted by molar-refractivity contribution is 6.20. The maximum atomic E-state index is 6.15. The first-order chi connectivity index (χ1) is 30.2. The van der Waals surface area contributed by atoms with E-state index in [2.05, 4.69) is 206 Å². The van der Waals surface area contributed by atoms with Gasteiger partial charge in [0.2, 0.25) is 0 Å². The van der Waals surface area contributed by atoms with Crippen LogP contribution >= 0.6 is 0 Å². The predicted octanol–water partition coefficient (Wildman–Crippen LogP) is 15.8. The summed E-state index contributed by atoms with van der Waals surface area (Å²) >= 11 is 0. The predicted molar refractivity (Wildman–Crippen MR) is 254 cm³/mol. The average molecular weight is 777 g/mol. The van der Waals surface area contributed by atoms with E-state index in [1.807, 2.05) is 12.1 Å². The molecule has 2 aromatic heterocycles. The number of para-hydroxylation sites is 1. The third kappa shape index (κ3) is 6.14. The average Bonchev–Trinajstić information content (AvgIpc) is 3.71. The van der Waals surface area contributed by atoms with Gasteiger partial charge in [0.1, 0.15) is 11.2 Å². The second kappa shape index (κ2) is 14.3. The van der Waals surface area contributed by atoms with Crippen molar-refractivity contribution in [3.8, 4) is 67.3 Å². The van der Waals surface area contributed by atoms with Crippen LogP contribution in [-0.4, -0.2) is 9.97 Å². The Balaban J connectivity index is 0.996. The molecule has 12 rings (SSSR count). The molecule has 0 unspecified atom stereocenters. The summed E-state index contributed by atoms with van der Waals surface area (Å²) in [5.74, 6) is 0.676. The van der Waals surface area contributed by atoms with Gasteiger partial charge < -0.3 is 4.42 Å². The summed E-state index contributed by atoms with van der Waals surface area (Å²) in [6.45, 7) is 0. The van der Waals surface area contributed by atoms with E-state index in [4.69, 9.17) is 14.4 Å². The van der Waals surface area contributed by atoms with E-state index in [-0.39, 0.29) is 0 Å². The van der Waals surface area contributed by atoms with Gasteiger partial charge in [-0.05, 0) is 108 Å². The summed E-state index contributed by atoms with van der Waals surface area (Å²) in [6.07, 6.45) is 0. The summed E-state index contributed by atoms with van der Waals surface area (Å²) < 4.78 is 6.15. The lowest BCUT2D eigenvalue weighted by Gasteiger charge is -2.15. The largest absolute Gasteiger partial charge is 0.456 e. The minimum absolute atomic E-state index is 0.676. The van der Waals surface area contributed by atoms with Gasteiger partial charge >= 0.3 is 0 Å². The second-order valence-corrected chi connectivity index (χ2v) is 15.7. The van der Waals surface area contributed by atoms with Crippen LogP contribution in [0, 0.1) is 0 Å². The van der Waals surface area contributed by atoms with E-state index in [1.54, 1.807) is 0 Å². The van der Waals surface area contributed by atoms with E-state index >= 15 is 0 Å². The zero-order chi connectivity index (χ0) is 40.3. The Morgan fingerprint density at radius 3 is 1.59 bits per heavy atom. The van der Waals surface area contributed by atoms with E-state index in [0.717, 1.165) is 72.3 Å². The summed E-state index contributed by atoms with van der Waals surface area (Å²) in [5.41, 5.74) is 13.4. The number of benzene rings is 10. The van der Waals surface area contributed by atoms with Crippen LogP contribution in [0.2, 0.25) is 0 Å². The lowest BCUT2D eigenvalue weighted by molar-refractivity contribution is 0.669. The van der Waals surface area contributed by atoms with Crippen LogP contribution in [0.3, 0.4) is 0 Å². The van der Waals surface area contributed by atoms with Gasteiger partial charge in [0.05, 0.1) is 11.4 Å². The first-order valence-electron chi connectivity index (χ1n) is 20.7. The minimum Gasteiger partial charge on any atom is -0.456 e. The highest BCUT2D eigenvalue weighted by Crippen LogP contribution is 2.41. The molecule has 0 amide bonds. The van der Waals surface area contributed by atoms with E-state index in [9.17, 15) is 0 Å². The Kier molecular flexibility index (Phi) is 8.17. The molecule has 61 heavy (non-hydrogen) atoms. The van der Waals surface area contributed by atoms with Gasteiger partial charge in [-0.15, -0.1) is 0 Å². The molecule has 0 saturated heterocycles. The lowest BCUT2D eigenvalue weighted by Crippen LogP contribution is -1.96. The highest BCUT2D eigenvalue weighted by Gasteiger charge is 2.16. The molecule has 2 heterocycles. The maximum absolute atomic E-state index is 6.15. The van der Waals surface area contributed by atoms with Gasteiger partial charge in [0.25, 0.3) is 0 Å². The van der Waals surface area contributed by atoms with Crippen LogP contribution in [0.1, 0.15) is 0 Å². The molecular weight excluding hydrogens is 741 g/mol. The van der Waals surface area contributed by atoms with Crippen LogP contribution in [0.15, 0.2) is 223 Å². The first kappa shape index (κ1) is 34.9. The zero-order valence-electron chi connectivity index (χ0n) is 33.1. The van der Waals surface area contributed by atoms with Gasteiger partial charge in [-0.3, -0.25) is 0 Å². The van der Waals surface area contributed by atoms with Crippen molar-refractivity contribution in [1.82, 2.24) is 9.97 Å². The van der Waals surface area contributed by atoms with Gasteiger partial charge in [-0.25, -0.2) is 9.97 Å². The molecule has 0 N–H and O–H groups in total. The molecule has 10 aromatic carbocycles. The Labute approximate surface area is 352 Å². The van der Waals surface area contributed by atoms with Crippen molar-refractivity contribution in [1.29, 1.82) is 0 Å². The van der Waals surface area contributed by atoms with Crippen molar-refractivity contribution in [3.63, 3.8) is 0 Å². The topological polar surface area (TPSA) is 38.9 Å². The quantitative estimate of drug-likeness (QED) is 0.125. The Bertz CT molecular complexity index is 3640. The number of nitrogens with zero attached hydrogens (tertiary/aromatic N) is 2. The highest BCUT2D eigenvalue weighted by atomic mass is 16.3. The molecule has 0 spiro atoms. The molecule has 0 aliphatic carbocycles.